The van der Waals surface area contributed by atoms with Crippen LogP contribution in [0.5, 0.6) is 5.75 Å². The third-order valence-electron chi connectivity index (χ3n) is 3.39. The van der Waals surface area contributed by atoms with E-state index in [2.05, 4.69) is 5.32 Å². The van der Waals surface area contributed by atoms with E-state index >= 15 is 0 Å². The molecule has 4 nitrogen and oxygen atoms in total. The minimum atomic E-state index is -0.219. The lowest BCUT2D eigenvalue weighted by molar-refractivity contribution is 0.0928. The summed E-state index contributed by atoms with van der Waals surface area (Å²) < 4.78 is 0. The predicted octanol–water partition coefficient (Wildman–Crippen LogP) is 2.27. The van der Waals surface area contributed by atoms with Crippen LogP contribution in [0.1, 0.15) is 22.1 Å². The SMILES string of the molecule is CN1c2ccccc2C(=O)NC1c1ccc(O)cc1. The number of hydrogen-bond donors (Lipinski definition) is 2. The van der Waals surface area contributed by atoms with Crippen LogP contribution in [0.15, 0.2) is 48.5 Å². The quantitative estimate of drug-likeness (QED) is 0.820. The van der Waals surface area contributed by atoms with Gasteiger partial charge in [-0.1, -0.05) is 24.3 Å². The zero-order valence-corrected chi connectivity index (χ0v) is 10.5. The molecule has 2 aromatic carbocycles. The normalized spacial score (nSPS) is 17.8. The molecule has 0 fully saturated rings. The predicted molar refractivity (Wildman–Crippen MR) is 73.2 cm³/mol. The number of phenolic OH excluding ortho intramolecular Hbond substituents is 1. The molecule has 3 rings (SSSR count). The number of fused-ring (bicyclic) bond motifs is 1. The molecule has 1 aliphatic rings. The third kappa shape index (κ3) is 1.91. The smallest absolute Gasteiger partial charge is 0.255 e. The van der Waals surface area contributed by atoms with Crippen molar-refractivity contribution >= 4 is 11.6 Å². The van der Waals surface area contributed by atoms with Gasteiger partial charge in [0.25, 0.3) is 5.91 Å². The van der Waals surface area contributed by atoms with Gasteiger partial charge in [-0.05, 0) is 29.8 Å². The Morgan fingerprint density at radius 2 is 1.79 bits per heavy atom. The summed E-state index contributed by atoms with van der Waals surface area (Å²) in [5.74, 6) is 0.140. The van der Waals surface area contributed by atoms with Gasteiger partial charge >= 0.3 is 0 Å². The first kappa shape index (κ1) is 11.6. The number of aromatic hydroxyl groups is 1. The van der Waals surface area contributed by atoms with Crippen LogP contribution in [0.4, 0.5) is 5.69 Å². The average Bonchev–Trinajstić information content (AvgIpc) is 2.44. The largest absolute Gasteiger partial charge is 0.508 e. The molecule has 0 saturated carbocycles. The molecule has 0 aromatic heterocycles. The minimum absolute atomic E-state index is 0.0771. The Kier molecular flexibility index (Phi) is 2.63. The van der Waals surface area contributed by atoms with E-state index in [0.717, 1.165) is 11.3 Å². The topological polar surface area (TPSA) is 52.6 Å². The Bertz CT molecular complexity index is 622. The van der Waals surface area contributed by atoms with Crippen LogP contribution >= 0.6 is 0 Å². The van der Waals surface area contributed by atoms with Crippen molar-refractivity contribution in [2.75, 3.05) is 11.9 Å². The van der Waals surface area contributed by atoms with Gasteiger partial charge in [-0.3, -0.25) is 4.79 Å². The molecule has 0 radical (unpaired) electrons. The van der Waals surface area contributed by atoms with Gasteiger partial charge in [-0.15, -0.1) is 0 Å². The maximum Gasteiger partial charge on any atom is 0.255 e. The molecule has 96 valence electrons. The second-order valence-electron chi connectivity index (χ2n) is 4.60. The van der Waals surface area contributed by atoms with Crippen LogP contribution in [0, 0.1) is 0 Å². The van der Waals surface area contributed by atoms with Crippen LogP contribution in [0.3, 0.4) is 0 Å². The minimum Gasteiger partial charge on any atom is -0.508 e. The summed E-state index contributed by atoms with van der Waals surface area (Å²) in [5, 5.41) is 12.3. The number of amides is 1. The Morgan fingerprint density at radius 3 is 2.53 bits per heavy atom. The summed E-state index contributed by atoms with van der Waals surface area (Å²) in [6.07, 6.45) is -0.219. The number of benzene rings is 2. The first-order valence-electron chi connectivity index (χ1n) is 6.08. The molecule has 0 bridgehead atoms. The molecule has 1 aliphatic heterocycles. The maximum absolute atomic E-state index is 12.1. The number of carbonyl (C=O) groups is 1. The van der Waals surface area contributed by atoms with Crippen molar-refractivity contribution in [1.82, 2.24) is 5.32 Å². The highest BCUT2D eigenvalue weighted by atomic mass is 16.3. The van der Waals surface area contributed by atoms with E-state index in [1.165, 1.54) is 0 Å². The molecular formula is C15H14N2O2. The highest BCUT2D eigenvalue weighted by Gasteiger charge is 2.28. The molecule has 2 N–H and O–H groups in total. The van der Waals surface area contributed by atoms with Gasteiger partial charge in [-0.25, -0.2) is 0 Å². The molecular weight excluding hydrogens is 240 g/mol. The van der Waals surface area contributed by atoms with Gasteiger partial charge in [-0.2, -0.15) is 0 Å². The lowest BCUT2D eigenvalue weighted by Crippen LogP contribution is -2.44. The monoisotopic (exact) mass is 254 g/mol. The van der Waals surface area contributed by atoms with E-state index in [-0.39, 0.29) is 17.8 Å². The van der Waals surface area contributed by atoms with Crippen molar-refractivity contribution in [3.63, 3.8) is 0 Å². The summed E-state index contributed by atoms with van der Waals surface area (Å²) >= 11 is 0. The number of phenols is 1. The number of anilines is 1. The van der Waals surface area contributed by atoms with E-state index in [4.69, 9.17) is 0 Å². The fourth-order valence-electron chi connectivity index (χ4n) is 2.37. The summed E-state index contributed by atoms with van der Waals surface area (Å²) in [7, 11) is 1.94. The number of carbonyl (C=O) groups excluding carboxylic acids is 1. The van der Waals surface area contributed by atoms with Crippen molar-refractivity contribution in [2.45, 2.75) is 6.17 Å². The van der Waals surface area contributed by atoms with Crippen molar-refractivity contribution in [3.05, 3.63) is 59.7 Å². The Hall–Kier alpha value is -2.49. The number of rotatable bonds is 1. The van der Waals surface area contributed by atoms with E-state index < -0.39 is 0 Å². The van der Waals surface area contributed by atoms with E-state index in [1.54, 1.807) is 12.1 Å². The van der Waals surface area contributed by atoms with Crippen molar-refractivity contribution < 1.29 is 9.90 Å². The van der Waals surface area contributed by atoms with Gasteiger partial charge in [0, 0.05) is 7.05 Å². The van der Waals surface area contributed by atoms with Gasteiger partial charge in [0.2, 0.25) is 0 Å². The van der Waals surface area contributed by atoms with Gasteiger partial charge < -0.3 is 15.3 Å². The van der Waals surface area contributed by atoms with Crippen molar-refractivity contribution in [2.24, 2.45) is 0 Å². The van der Waals surface area contributed by atoms with Crippen LogP contribution in [0.25, 0.3) is 0 Å². The maximum atomic E-state index is 12.1. The molecule has 4 heteroatoms. The molecule has 0 saturated heterocycles. The first-order valence-corrected chi connectivity index (χ1v) is 6.08. The van der Waals surface area contributed by atoms with Crippen LogP contribution in [-0.4, -0.2) is 18.1 Å². The zero-order valence-electron chi connectivity index (χ0n) is 10.5. The second-order valence-corrected chi connectivity index (χ2v) is 4.60. The number of nitrogens with zero attached hydrogens (tertiary/aromatic N) is 1. The highest BCUT2D eigenvalue weighted by Crippen LogP contribution is 2.31. The summed E-state index contributed by atoms with van der Waals surface area (Å²) in [6, 6.07) is 14.4. The summed E-state index contributed by atoms with van der Waals surface area (Å²) in [5.41, 5.74) is 2.52. The van der Waals surface area contributed by atoms with Crippen LogP contribution in [-0.2, 0) is 0 Å². The van der Waals surface area contributed by atoms with Gasteiger partial charge in [0.1, 0.15) is 11.9 Å². The molecule has 0 spiro atoms. The molecule has 1 amide bonds. The number of nitrogens with one attached hydrogen (secondary N) is 1. The van der Waals surface area contributed by atoms with Gasteiger partial charge in [0.15, 0.2) is 0 Å². The number of hydrogen-bond acceptors (Lipinski definition) is 3. The van der Waals surface area contributed by atoms with E-state index in [0.29, 0.717) is 5.56 Å². The molecule has 1 heterocycles. The standard InChI is InChI=1S/C15H14N2O2/c1-17-13-5-3-2-4-12(13)15(19)16-14(17)10-6-8-11(18)9-7-10/h2-9,14,18H,1H3,(H,16,19). The Labute approximate surface area is 111 Å². The lowest BCUT2D eigenvalue weighted by atomic mass is 10.0. The van der Waals surface area contributed by atoms with E-state index in [9.17, 15) is 9.90 Å². The van der Waals surface area contributed by atoms with Crippen LogP contribution in [0.2, 0.25) is 0 Å². The molecule has 2 aromatic rings. The summed E-state index contributed by atoms with van der Waals surface area (Å²) in [6.45, 7) is 0. The Morgan fingerprint density at radius 1 is 1.11 bits per heavy atom. The molecule has 19 heavy (non-hydrogen) atoms. The van der Waals surface area contributed by atoms with Crippen molar-refractivity contribution in [3.8, 4) is 5.75 Å². The Balaban J connectivity index is 2.02. The average molecular weight is 254 g/mol. The third-order valence-corrected chi connectivity index (χ3v) is 3.39. The zero-order chi connectivity index (χ0) is 13.4. The van der Waals surface area contributed by atoms with Crippen molar-refractivity contribution in [1.29, 1.82) is 0 Å². The first-order chi connectivity index (χ1) is 9.16. The van der Waals surface area contributed by atoms with Crippen LogP contribution < -0.4 is 10.2 Å². The highest BCUT2D eigenvalue weighted by molar-refractivity contribution is 6.01. The second kappa shape index (κ2) is 4.31. The fourth-order valence-corrected chi connectivity index (χ4v) is 2.37. The number of para-hydroxylation sites is 1. The molecule has 1 unspecified atom stereocenters. The fraction of sp³-hybridized carbons (Fsp3) is 0.133. The summed E-state index contributed by atoms with van der Waals surface area (Å²) in [4.78, 5) is 14.1. The molecule has 1 atom stereocenters. The lowest BCUT2D eigenvalue weighted by Gasteiger charge is -2.36. The molecule has 0 aliphatic carbocycles. The van der Waals surface area contributed by atoms with E-state index in [1.807, 2.05) is 48.3 Å². The van der Waals surface area contributed by atoms with Gasteiger partial charge in [0.05, 0.1) is 11.3 Å².